The second-order valence-corrected chi connectivity index (χ2v) is 5.38. The molecule has 1 aliphatic rings. The van der Waals surface area contributed by atoms with Crippen LogP contribution < -0.4 is 10.9 Å². The maximum Gasteiger partial charge on any atom is 0.268 e. The van der Waals surface area contributed by atoms with Gasteiger partial charge >= 0.3 is 0 Å². The van der Waals surface area contributed by atoms with Crippen LogP contribution in [0.3, 0.4) is 0 Å². The van der Waals surface area contributed by atoms with Crippen LogP contribution in [0.4, 0.5) is 0 Å². The van der Waals surface area contributed by atoms with Crippen LogP contribution >= 0.6 is 34.2 Å². The number of amides is 1. The van der Waals surface area contributed by atoms with Gasteiger partial charge in [-0.3, -0.25) is 14.2 Å². The molecular formula is C10H11ClIN3O2. The summed E-state index contributed by atoms with van der Waals surface area (Å²) in [5.74, 6) is -0.0237. The lowest BCUT2D eigenvalue weighted by atomic mass is 10.4. The predicted octanol–water partition coefficient (Wildman–Crippen LogP) is 1.17. The van der Waals surface area contributed by atoms with Crippen LogP contribution in [-0.4, -0.2) is 21.5 Å². The Balaban J connectivity index is 1.96. The van der Waals surface area contributed by atoms with E-state index in [1.165, 1.54) is 10.9 Å². The van der Waals surface area contributed by atoms with Crippen molar-refractivity contribution < 1.29 is 4.79 Å². The molecule has 0 atom stereocenters. The van der Waals surface area contributed by atoms with Gasteiger partial charge in [0, 0.05) is 19.0 Å². The summed E-state index contributed by atoms with van der Waals surface area (Å²) in [5, 5.41) is 3.07. The SMILES string of the molecule is O=C(CCn1cnc(Cl)c(I)c1=O)NC1CC1. The fraction of sp³-hybridized carbons (Fsp3) is 0.500. The molecule has 7 heteroatoms. The van der Waals surface area contributed by atoms with E-state index in [-0.39, 0.29) is 23.0 Å². The summed E-state index contributed by atoms with van der Waals surface area (Å²) < 4.78 is 1.79. The van der Waals surface area contributed by atoms with Gasteiger partial charge in [-0.15, -0.1) is 0 Å². The summed E-state index contributed by atoms with van der Waals surface area (Å²) in [6.45, 7) is 0.331. The highest BCUT2D eigenvalue weighted by atomic mass is 127. The van der Waals surface area contributed by atoms with Gasteiger partial charge in [-0.25, -0.2) is 4.98 Å². The Bertz CT molecular complexity index is 499. The highest BCUT2D eigenvalue weighted by Crippen LogP contribution is 2.18. The number of nitrogens with one attached hydrogen (secondary N) is 1. The number of halogens is 2. The molecule has 1 N–H and O–H groups in total. The molecule has 0 aliphatic heterocycles. The van der Waals surface area contributed by atoms with E-state index in [2.05, 4.69) is 10.3 Å². The molecule has 0 radical (unpaired) electrons. The van der Waals surface area contributed by atoms with E-state index >= 15 is 0 Å². The fourth-order valence-corrected chi connectivity index (χ4v) is 1.93. The van der Waals surface area contributed by atoms with Crippen LogP contribution in [-0.2, 0) is 11.3 Å². The maximum absolute atomic E-state index is 11.7. The predicted molar refractivity (Wildman–Crippen MR) is 72.0 cm³/mol. The summed E-state index contributed by atoms with van der Waals surface area (Å²) in [6, 6.07) is 0.350. The molecule has 92 valence electrons. The third-order valence-electron chi connectivity index (χ3n) is 2.46. The van der Waals surface area contributed by atoms with Crippen LogP contribution in [0.5, 0.6) is 0 Å². The minimum absolute atomic E-state index is 0.0237. The summed E-state index contributed by atoms with van der Waals surface area (Å²) in [5.41, 5.74) is -0.204. The second kappa shape index (κ2) is 5.34. The molecule has 0 unspecified atom stereocenters. The van der Waals surface area contributed by atoms with Crippen molar-refractivity contribution in [2.24, 2.45) is 0 Å². The van der Waals surface area contributed by atoms with Crippen molar-refractivity contribution in [2.45, 2.75) is 31.8 Å². The molecule has 1 saturated carbocycles. The number of nitrogens with zero attached hydrogens (tertiary/aromatic N) is 2. The lowest BCUT2D eigenvalue weighted by Gasteiger charge is -2.06. The smallest absolute Gasteiger partial charge is 0.268 e. The minimum Gasteiger partial charge on any atom is -0.353 e. The van der Waals surface area contributed by atoms with E-state index in [0.29, 0.717) is 16.2 Å². The zero-order chi connectivity index (χ0) is 12.4. The van der Waals surface area contributed by atoms with Crippen molar-refractivity contribution in [2.75, 3.05) is 0 Å². The van der Waals surface area contributed by atoms with Crippen molar-refractivity contribution >= 4 is 40.1 Å². The van der Waals surface area contributed by atoms with E-state index in [4.69, 9.17) is 11.6 Å². The molecule has 1 amide bonds. The van der Waals surface area contributed by atoms with E-state index < -0.39 is 0 Å². The van der Waals surface area contributed by atoms with E-state index in [1.54, 1.807) is 0 Å². The normalized spacial score (nSPS) is 14.7. The van der Waals surface area contributed by atoms with Gasteiger partial charge in [0.25, 0.3) is 5.56 Å². The molecule has 1 aromatic rings. The van der Waals surface area contributed by atoms with Crippen molar-refractivity contribution in [3.8, 4) is 0 Å². The van der Waals surface area contributed by atoms with Gasteiger partial charge in [0.2, 0.25) is 5.91 Å². The first-order valence-corrected chi connectivity index (χ1v) is 6.73. The standard InChI is InChI=1S/C10H11ClIN3O2/c11-9-8(12)10(17)15(5-13-9)4-3-7(16)14-6-1-2-6/h5-6H,1-4H2,(H,14,16). The minimum atomic E-state index is -0.204. The molecule has 0 bridgehead atoms. The average Bonchev–Trinajstić information content (AvgIpc) is 3.09. The number of carbonyl (C=O) groups excluding carboxylic acids is 1. The van der Waals surface area contributed by atoms with Gasteiger partial charge in [-0.05, 0) is 35.4 Å². The maximum atomic E-state index is 11.7. The largest absolute Gasteiger partial charge is 0.353 e. The number of carbonyl (C=O) groups is 1. The van der Waals surface area contributed by atoms with Crippen LogP contribution in [0.1, 0.15) is 19.3 Å². The van der Waals surface area contributed by atoms with Crippen molar-refractivity contribution in [3.63, 3.8) is 0 Å². The Morgan fingerprint density at radius 3 is 3.00 bits per heavy atom. The van der Waals surface area contributed by atoms with Crippen LogP contribution in [0.2, 0.25) is 5.15 Å². The van der Waals surface area contributed by atoms with Crippen LogP contribution in [0, 0.1) is 3.57 Å². The van der Waals surface area contributed by atoms with Gasteiger partial charge in [-0.2, -0.15) is 0 Å². The van der Waals surface area contributed by atoms with Crippen LogP contribution in [0.15, 0.2) is 11.1 Å². The van der Waals surface area contributed by atoms with Gasteiger partial charge in [0.05, 0.1) is 6.33 Å². The van der Waals surface area contributed by atoms with Gasteiger partial charge in [-0.1, -0.05) is 11.6 Å². The van der Waals surface area contributed by atoms with Crippen molar-refractivity contribution in [1.29, 1.82) is 0 Å². The molecular weight excluding hydrogens is 356 g/mol. The third kappa shape index (κ3) is 3.41. The topological polar surface area (TPSA) is 64.0 Å². The summed E-state index contributed by atoms with van der Waals surface area (Å²) in [7, 11) is 0. The Morgan fingerprint density at radius 2 is 2.35 bits per heavy atom. The highest BCUT2D eigenvalue weighted by molar-refractivity contribution is 14.1. The molecule has 2 rings (SSSR count). The number of rotatable bonds is 4. The Morgan fingerprint density at radius 1 is 1.65 bits per heavy atom. The first-order chi connectivity index (χ1) is 8.08. The number of aryl methyl sites for hydroxylation is 1. The molecule has 1 fully saturated rings. The second-order valence-electron chi connectivity index (χ2n) is 3.94. The lowest BCUT2D eigenvalue weighted by Crippen LogP contribution is -2.29. The van der Waals surface area contributed by atoms with Gasteiger partial charge < -0.3 is 5.32 Å². The zero-order valence-electron chi connectivity index (χ0n) is 8.95. The first kappa shape index (κ1) is 12.8. The van der Waals surface area contributed by atoms with Crippen LogP contribution in [0.25, 0.3) is 0 Å². The molecule has 17 heavy (non-hydrogen) atoms. The Hall–Kier alpha value is -0.630. The van der Waals surface area contributed by atoms with E-state index in [0.717, 1.165) is 12.8 Å². The third-order valence-corrected chi connectivity index (χ3v) is 4.04. The van der Waals surface area contributed by atoms with Crippen molar-refractivity contribution in [3.05, 3.63) is 25.4 Å². The Labute approximate surface area is 117 Å². The quantitative estimate of drug-likeness (QED) is 0.642. The Kier molecular flexibility index (Phi) is 4.03. The first-order valence-electron chi connectivity index (χ1n) is 5.27. The monoisotopic (exact) mass is 367 g/mol. The van der Waals surface area contributed by atoms with E-state index in [1.807, 2.05) is 22.6 Å². The number of hydrogen-bond donors (Lipinski definition) is 1. The van der Waals surface area contributed by atoms with Crippen molar-refractivity contribution in [1.82, 2.24) is 14.9 Å². The number of aromatic nitrogens is 2. The molecule has 0 spiro atoms. The van der Waals surface area contributed by atoms with E-state index in [9.17, 15) is 9.59 Å². The molecule has 1 aromatic heterocycles. The molecule has 5 nitrogen and oxygen atoms in total. The lowest BCUT2D eigenvalue weighted by molar-refractivity contribution is -0.121. The van der Waals surface area contributed by atoms with Gasteiger partial charge in [0.1, 0.15) is 8.72 Å². The molecule has 1 aliphatic carbocycles. The molecule has 1 heterocycles. The highest BCUT2D eigenvalue weighted by Gasteiger charge is 2.22. The summed E-state index contributed by atoms with van der Waals surface area (Å²) >= 11 is 7.57. The molecule has 0 aromatic carbocycles. The number of hydrogen-bond acceptors (Lipinski definition) is 3. The summed E-state index contributed by atoms with van der Waals surface area (Å²) in [4.78, 5) is 27.1. The summed E-state index contributed by atoms with van der Waals surface area (Å²) in [6.07, 6.45) is 3.78. The zero-order valence-corrected chi connectivity index (χ0v) is 11.9. The van der Waals surface area contributed by atoms with Gasteiger partial charge in [0.15, 0.2) is 0 Å². The fourth-order valence-electron chi connectivity index (χ4n) is 1.35. The average molecular weight is 368 g/mol. The molecule has 0 saturated heterocycles.